The first-order chi connectivity index (χ1) is 10.4. The van der Waals surface area contributed by atoms with Gasteiger partial charge in [0.25, 0.3) is 5.91 Å². The molecular formula is C14H16F3N3O2. The smallest absolute Gasteiger partial charge is 0.347 e. The molecule has 22 heavy (non-hydrogen) atoms. The third-order valence-corrected chi connectivity index (χ3v) is 3.54. The molecule has 0 bridgehead atoms. The number of aromatic nitrogens is 1. The summed E-state index contributed by atoms with van der Waals surface area (Å²) in [5.41, 5.74) is 0.509. The van der Waals surface area contributed by atoms with Crippen molar-refractivity contribution in [3.63, 3.8) is 0 Å². The molecule has 0 aromatic carbocycles. The summed E-state index contributed by atoms with van der Waals surface area (Å²) in [6.45, 7) is -0.613. The van der Waals surface area contributed by atoms with Crippen molar-refractivity contribution >= 4 is 11.8 Å². The van der Waals surface area contributed by atoms with Gasteiger partial charge in [-0.15, -0.1) is 0 Å². The molecule has 2 amide bonds. The van der Waals surface area contributed by atoms with Crippen molar-refractivity contribution in [1.29, 1.82) is 0 Å². The van der Waals surface area contributed by atoms with Gasteiger partial charge in [0.05, 0.1) is 0 Å². The van der Waals surface area contributed by atoms with Gasteiger partial charge >= 0.3 is 6.18 Å². The highest BCUT2D eigenvalue weighted by Crippen LogP contribution is 2.20. The van der Waals surface area contributed by atoms with Crippen molar-refractivity contribution in [1.82, 2.24) is 15.2 Å². The lowest BCUT2D eigenvalue weighted by Crippen LogP contribution is -2.44. The van der Waals surface area contributed by atoms with E-state index in [1.807, 2.05) is 5.32 Å². The van der Waals surface area contributed by atoms with Gasteiger partial charge in [-0.3, -0.25) is 14.6 Å². The first kappa shape index (κ1) is 16.3. The second kappa shape index (κ2) is 6.76. The predicted molar refractivity (Wildman–Crippen MR) is 71.9 cm³/mol. The van der Waals surface area contributed by atoms with E-state index in [2.05, 4.69) is 4.98 Å². The van der Waals surface area contributed by atoms with E-state index < -0.39 is 24.5 Å². The lowest BCUT2D eigenvalue weighted by Gasteiger charge is -2.31. The van der Waals surface area contributed by atoms with E-state index in [9.17, 15) is 22.8 Å². The molecule has 1 saturated heterocycles. The molecule has 0 unspecified atom stereocenters. The number of hydrogen-bond donors (Lipinski definition) is 1. The van der Waals surface area contributed by atoms with Gasteiger partial charge < -0.3 is 10.2 Å². The number of halogens is 3. The number of nitrogens with one attached hydrogen (secondary N) is 1. The van der Waals surface area contributed by atoms with Crippen molar-refractivity contribution < 1.29 is 22.8 Å². The number of nitrogens with zero attached hydrogens (tertiary/aromatic N) is 2. The molecule has 5 nitrogen and oxygen atoms in total. The van der Waals surface area contributed by atoms with Crippen LogP contribution in [0.25, 0.3) is 0 Å². The maximum Gasteiger partial charge on any atom is 0.405 e. The third kappa shape index (κ3) is 4.44. The van der Waals surface area contributed by atoms with Crippen molar-refractivity contribution in [3.05, 3.63) is 30.1 Å². The number of pyridine rings is 1. The van der Waals surface area contributed by atoms with Crippen molar-refractivity contribution in [3.8, 4) is 0 Å². The summed E-state index contributed by atoms with van der Waals surface area (Å²) in [6.07, 6.45) is -0.649. The monoisotopic (exact) mass is 315 g/mol. The SMILES string of the molecule is O=C(NCC(F)(F)F)C1CCN(C(=O)c2ccncc2)CC1. The molecule has 0 spiro atoms. The van der Waals surface area contributed by atoms with Crippen LogP contribution in [0.4, 0.5) is 13.2 Å². The van der Waals surface area contributed by atoms with Crippen LogP contribution < -0.4 is 5.32 Å². The minimum absolute atomic E-state index is 0.156. The molecule has 1 fully saturated rings. The van der Waals surface area contributed by atoms with Gasteiger partial charge in [-0.1, -0.05) is 0 Å². The first-order valence-electron chi connectivity index (χ1n) is 6.90. The third-order valence-electron chi connectivity index (χ3n) is 3.54. The Morgan fingerprint density at radius 2 is 1.82 bits per heavy atom. The van der Waals surface area contributed by atoms with E-state index in [-0.39, 0.29) is 5.91 Å². The van der Waals surface area contributed by atoms with Crippen LogP contribution in [0, 0.1) is 5.92 Å². The minimum Gasteiger partial charge on any atom is -0.347 e. The van der Waals surface area contributed by atoms with Crippen molar-refractivity contribution in [2.75, 3.05) is 19.6 Å². The molecule has 120 valence electrons. The summed E-state index contributed by atoms with van der Waals surface area (Å²) in [4.78, 5) is 29.3. The Labute approximate surface area is 125 Å². The van der Waals surface area contributed by atoms with Gasteiger partial charge in [0, 0.05) is 37.0 Å². The molecule has 2 heterocycles. The van der Waals surface area contributed by atoms with Crippen LogP contribution in [-0.4, -0.2) is 47.5 Å². The van der Waals surface area contributed by atoms with Crippen LogP contribution in [0.15, 0.2) is 24.5 Å². The number of hydrogen-bond acceptors (Lipinski definition) is 3. The van der Waals surface area contributed by atoms with Crippen LogP contribution in [0.1, 0.15) is 23.2 Å². The lowest BCUT2D eigenvalue weighted by molar-refractivity contribution is -0.141. The molecule has 1 aromatic rings. The predicted octanol–water partition coefficient (Wildman–Crippen LogP) is 1.61. The fraction of sp³-hybridized carbons (Fsp3) is 0.500. The van der Waals surface area contributed by atoms with Gasteiger partial charge in [0.1, 0.15) is 6.54 Å². The quantitative estimate of drug-likeness (QED) is 0.922. The zero-order valence-corrected chi connectivity index (χ0v) is 11.8. The normalized spacial score (nSPS) is 16.4. The fourth-order valence-electron chi connectivity index (χ4n) is 2.35. The number of rotatable bonds is 3. The van der Waals surface area contributed by atoms with Gasteiger partial charge in [0.15, 0.2) is 0 Å². The maximum absolute atomic E-state index is 12.2. The van der Waals surface area contributed by atoms with Gasteiger partial charge in [-0.05, 0) is 25.0 Å². The fourth-order valence-corrected chi connectivity index (χ4v) is 2.35. The van der Waals surface area contributed by atoms with E-state index in [1.54, 1.807) is 17.0 Å². The van der Waals surface area contributed by atoms with Crippen LogP contribution >= 0.6 is 0 Å². The van der Waals surface area contributed by atoms with E-state index >= 15 is 0 Å². The molecule has 1 N–H and O–H groups in total. The van der Waals surface area contributed by atoms with Crippen molar-refractivity contribution in [2.45, 2.75) is 19.0 Å². The number of piperidine rings is 1. The molecule has 0 atom stereocenters. The highest BCUT2D eigenvalue weighted by molar-refractivity contribution is 5.94. The molecule has 1 aliphatic rings. The van der Waals surface area contributed by atoms with E-state index in [4.69, 9.17) is 0 Å². The maximum atomic E-state index is 12.2. The summed E-state index contributed by atoms with van der Waals surface area (Å²) in [6, 6.07) is 3.20. The minimum atomic E-state index is -4.41. The van der Waals surface area contributed by atoms with Gasteiger partial charge in [0.2, 0.25) is 5.91 Å². The zero-order chi connectivity index (χ0) is 16.2. The van der Waals surface area contributed by atoms with Crippen LogP contribution in [0.2, 0.25) is 0 Å². The van der Waals surface area contributed by atoms with Gasteiger partial charge in [-0.25, -0.2) is 0 Å². The molecule has 2 rings (SSSR count). The number of carbonyl (C=O) groups excluding carboxylic acids is 2. The molecule has 0 radical (unpaired) electrons. The molecule has 0 saturated carbocycles. The Hall–Kier alpha value is -2.12. The second-order valence-corrected chi connectivity index (χ2v) is 5.14. The number of amides is 2. The molecule has 1 aliphatic heterocycles. The number of alkyl halides is 3. The highest BCUT2D eigenvalue weighted by Gasteiger charge is 2.31. The van der Waals surface area contributed by atoms with Crippen LogP contribution in [0.5, 0.6) is 0 Å². The van der Waals surface area contributed by atoms with Crippen LogP contribution in [0.3, 0.4) is 0 Å². The molecule has 8 heteroatoms. The number of carbonyl (C=O) groups is 2. The zero-order valence-electron chi connectivity index (χ0n) is 11.8. The average molecular weight is 315 g/mol. The first-order valence-corrected chi connectivity index (χ1v) is 6.90. The summed E-state index contributed by atoms with van der Waals surface area (Å²) in [5, 5.41) is 1.89. The summed E-state index contributed by atoms with van der Waals surface area (Å²) in [7, 11) is 0. The molecular weight excluding hydrogens is 299 g/mol. The summed E-state index contributed by atoms with van der Waals surface area (Å²) < 4.78 is 36.2. The van der Waals surface area contributed by atoms with E-state index in [0.29, 0.717) is 31.5 Å². The van der Waals surface area contributed by atoms with Crippen molar-refractivity contribution in [2.24, 2.45) is 5.92 Å². The summed E-state index contributed by atoms with van der Waals surface area (Å²) in [5.74, 6) is -1.24. The summed E-state index contributed by atoms with van der Waals surface area (Å²) >= 11 is 0. The topological polar surface area (TPSA) is 62.3 Å². The van der Waals surface area contributed by atoms with E-state index in [1.165, 1.54) is 12.4 Å². The second-order valence-electron chi connectivity index (χ2n) is 5.14. The Morgan fingerprint density at radius 1 is 1.23 bits per heavy atom. The number of likely N-dealkylation sites (tertiary alicyclic amines) is 1. The van der Waals surface area contributed by atoms with Gasteiger partial charge in [-0.2, -0.15) is 13.2 Å². The largest absolute Gasteiger partial charge is 0.405 e. The van der Waals surface area contributed by atoms with Crippen LogP contribution in [-0.2, 0) is 4.79 Å². The lowest BCUT2D eigenvalue weighted by atomic mass is 9.95. The molecule has 0 aliphatic carbocycles. The van der Waals surface area contributed by atoms with E-state index in [0.717, 1.165) is 0 Å². The standard InChI is InChI=1S/C14H16F3N3O2/c15-14(16,17)9-19-12(21)10-3-7-20(8-4-10)13(22)11-1-5-18-6-2-11/h1-2,5-6,10H,3-4,7-9H2,(H,19,21). The average Bonchev–Trinajstić information content (AvgIpc) is 2.52. The Balaban J connectivity index is 1.83. The Kier molecular flexibility index (Phi) is 4.99. The Morgan fingerprint density at radius 3 is 2.36 bits per heavy atom. The highest BCUT2D eigenvalue weighted by atomic mass is 19.4. The molecule has 1 aromatic heterocycles. The Bertz CT molecular complexity index is 526.